The molecule has 0 saturated carbocycles. The van der Waals surface area contributed by atoms with Crippen molar-refractivity contribution in [2.24, 2.45) is 5.92 Å². The minimum atomic E-state index is -0.228. The number of benzene rings is 1. The van der Waals surface area contributed by atoms with Gasteiger partial charge in [-0.3, -0.25) is 4.90 Å². The van der Waals surface area contributed by atoms with Gasteiger partial charge >= 0.3 is 5.97 Å². The van der Waals surface area contributed by atoms with Crippen molar-refractivity contribution in [2.75, 3.05) is 6.54 Å². The Kier molecular flexibility index (Phi) is 4.82. The Morgan fingerprint density at radius 2 is 2.00 bits per heavy atom. The number of ether oxygens (including phenoxy) is 1. The van der Waals surface area contributed by atoms with E-state index in [1.807, 2.05) is 30.3 Å². The molecular weight excluding hydrogens is 290 g/mol. The van der Waals surface area contributed by atoms with Gasteiger partial charge in [-0.05, 0) is 37.6 Å². The Morgan fingerprint density at radius 3 is 2.70 bits per heavy atom. The predicted molar refractivity (Wildman–Crippen MR) is 88.0 cm³/mol. The van der Waals surface area contributed by atoms with Crippen molar-refractivity contribution >= 4 is 5.97 Å². The second kappa shape index (κ2) is 7.01. The molecule has 4 heteroatoms. The third-order valence-corrected chi connectivity index (χ3v) is 4.83. The summed E-state index contributed by atoms with van der Waals surface area (Å²) in [5, 5.41) is 0. The third kappa shape index (κ3) is 3.64. The molecule has 0 bridgehead atoms. The highest BCUT2D eigenvalue weighted by atomic mass is 16.5. The second-order valence-electron chi connectivity index (χ2n) is 6.25. The van der Waals surface area contributed by atoms with Gasteiger partial charge in [0.1, 0.15) is 11.9 Å². The summed E-state index contributed by atoms with van der Waals surface area (Å²) in [4.78, 5) is 14.6. The van der Waals surface area contributed by atoms with Gasteiger partial charge in [0.2, 0.25) is 0 Å². The molecule has 122 valence electrons. The molecule has 23 heavy (non-hydrogen) atoms. The highest BCUT2D eigenvalue weighted by molar-refractivity contribution is 5.89. The van der Waals surface area contributed by atoms with Crippen LogP contribution in [-0.4, -0.2) is 29.6 Å². The minimum absolute atomic E-state index is 0.0365. The fourth-order valence-electron chi connectivity index (χ4n) is 3.17. The predicted octanol–water partition coefficient (Wildman–Crippen LogP) is 3.74. The van der Waals surface area contributed by atoms with E-state index in [1.54, 1.807) is 18.4 Å². The van der Waals surface area contributed by atoms with Gasteiger partial charge in [0, 0.05) is 18.5 Å². The zero-order valence-corrected chi connectivity index (χ0v) is 13.6. The number of carbonyl (C=O) groups excluding carboxylic acids is 1. The van der Waals surface area contributed by atoms with E-state index in [-0.39, 0.29) is 18.0 Å². The molecule has 0 aliphatic carbocycles. The molecule has 1 fully saturated rings. The number of piperidine rings is 1. The standard InChI is InChI=1S/C19H23NO3/c1-14-15(2)20(13-17-9-6-12-22-17)11-10-18(14)23-19(21)16-7-4-3-5-8-16/h3-9,12,14-15,18H,10-11,13H2,1-2H3/t14-,15+,18-/m1/s1. The van der Waals surface area contributed by atoms with Crippen molar-refractivity contribution in [2.45, 2.75) is 39.0 Å². The van der Waals surface area contributed by atoms with Crippen LogP contribution < -0.4 is 0 Å². The summed E-state index contributed by atoms with van der Waals surface area (Å²) in [5.74, 6) is 1.03. The van der Waals surface area contributed by atoms with E-state index < -0.39 is 0 Å². The van der Waals surface area contributed by atoms with Crippen molar-refractivity contribution < 1.29 is 13.9 Å². The van der Waals surface area contributed by atoms with Crippen LogP contribution in [-0.2, 0) is 11.3 Å². The number of hydrogen-bond acceptors (Lipinski definition) is 4. The molecule has 1 saturated heterocycles. The zero-order chi connectivity index (χ0) is 16.2. The maximum absolute atomic E-state index is 12.3. The van der Waals surface area contributed by atoms with Crippen LogP contribution in [0.2, 0.25) is 0 Å². The first-order valence-electron chi connectivity index (χ1n) is 8.17. The molecule has 0 N–H and O–H groups in total. The summed E-state index contributed by atoms with van der Waals surface area (Å²) < 4.78 is 11.2. The molecule has 3 atom stereocenters. The first-order valence-corrected chi connectivity index (χ1v) is 8.17. The van der Waals surface area contributed by atoms with E-state index in [0.717, 1.165) is 25.3 Å². The van der Waals surface area contributed by atoms with Crippen molar-refractivity contribution in [1.29, 1.82) is 0 Å². The van der Waals surface area contributed by atoms with Crippen LogP contribution in [0.25, 0.3) is 0 Å². The fraction of sp³-hybridized carbons (Fsp3) is 0.421. The number of rotatable bonds is 4. The van der Waals surface area contributed by atoms with E-state index >= 15 is 0 Å². The number of likely N-dealkylation sites (tertiary alicyclic amines) is 1. The first-order chi connectivity index (χ1) is 11.1. The normalized spacial score (nSPS) is 25.2. The number of carbonyl (C=O) groups is 1. The van der Waals surface area contributed by atoms with E-state index in [0.29, 0.717) is 11.6 Å². The monoisotopic (exact) mass is 313 g/mol. The minimum Gasteiger partial charge on any atom is -0.468 e. The van der Waals surface area contributed by atoms with Gasteiger partial charge in [-0.15, -0.1) is 0 Å². The Morgan fingerprint density at radius 1 is 1.22 bits per heavy atom. The Balaban J connectivity index is 1.60. The topological polar surface area (TPSA) is 42.7 Å². The molecule has 3 rings (SSSR count). The molecule has 0 radical (unpaired) electrons. The van der Waals surface area contributed by atoms with Gasteiger partial charge < -0.3 is 9.15 Å². The summed E-state index contributed by atoms with van der Waals surface area (Å²) in [5.41, 5.74) is 0.616. The van der Waals surface area contributed by atoms with E-state index in [1.165, 1.54) is 0 Å². The van der Waals surface area contributed by atoms with Gasteiger partial charge in [0.25, 0.3) is 0 Å². The van der Waals surface area contributed by atoms with Crippen LogP contribution in [0.5, 0.6) is 0 Å². The molecule has 0 unspecified atom stereocenters. The summed E-state index contributed by atoms with van der Waals surface area (Å²) in [6.45, 7) is 6.05. The number of nitrogens with zero attached hydrogens (tertiary/aromatic N) is 1. The quantitative estimate of drug-likeness (QED) is 0.807. The van der Waals surface area contributed by atoms with Crippen molar-refractivity contribution in [3.8, 4) is 0 Å². The number of hydrogen-bond donors (Lipinski definition) is 0. The number of esters is 1. The maximum Gasteiger partial charge on any atom is 0.338 e. The van der Waals surface area contributed by atoms with E-state index in [4.69, 9.17) is 9.15 Å². The largest absolute Gasteiger partial charge is 0.468 e. The van der Waals surface area contributed by atoms with Crippen LogP contribution in [0.3, 0.4) is 0 Å². The smallest absolute Gasteiger partial charge is 0.338 e. The van der Waals surface area contributed by atoms with Crippen molar-refractivity contribution in [3.63, 3.8) is 0 Å². The SMILES string of the molecule is C[C@H]1[C@H](OC(=O)c2ccccc2)CCN(Cc2ccco2)[C@H]1C. The molecule has 0 amide bonds. The molecule has 2 heterocycles. The molecule has 1 aromatic carbocycles. The third-order valence-electron chi connectivity index (χ3n) is 4.83. The molecular formula is C19H23NO3. The molecule has 1 aliphatic rings. The Hall–Kier alpha value is -2.07. The van der Waals surface area contributed by atoms with Gasteiger partial charge in [0.05, 0.1) is 18.4 Å². The summed E-state index contributed by atoms with van der Waals surface area (Å²) in [6.07, 6.45) is 2.52. The lowest BCUT2D eigenvalue weighted by Gasteiger charge is -2.41. The van der Waals surface area contributed by atoms with Crippen LogP contribution in [0.1, 0.15) is 36.4 Å². The molecule has 1 aliphatic heterocycles. The summed E-state index contributed by atoms with van der Waals surface area (Å²) in [6, 6.07) is 13.4. The fourth-order valence-corrected chi connectivity index (χ4v) is 3.17. The highest BCUT2D eigenvalue weighted by Gasteiger charge is 2.35. The lowest BCUT2D eigenvalue weighted by Crippen LogP contribution is -2.49. The molecule has 1 aromatic heterocycles. The van der Waals surface area contributed by atoms with Gasteiger partial charge in [-0.25, -0.2) is 4.79 Å². The van der Waals surface area contributed by atoms with Gasteiger partial charge in [-0.2, -0.15) is 0 Å². The maximum atomic E-state index is 12.3. The lowest BCUT2D eigenvalue weighted by molar-refractivity contribution is -0.0335. The Labute approximate surface area is 137 Å². The van der Waals surface area contributed by atoms with Gasteiger partial charge in [0.15, 0.2) is 0 Å². The first kappa shape index (κ1) is 15.8. The van der Waals surface area contributed by atoms with E-state index in [9.17, 15) is 4.79 Å². The lowest BCUT2D eigenvalue weighted by atomic mass is 9.89. The van der Waals surface area contributed by atoms with Crippen molar-refractivity contribution in [3.05, 3.63) is 60.1 Å². The van der Waals surface area contributed by atoms with E-state index in [2.05, 4.69) is 18.7 Å². The van der Waals surface area contributed by atoms with Crippen LogP contribution >= 0.6 is 0 Å². The molecule has 2 aromatic rings. The summed E-state index contributed by atoms with van der Waals surface area (Å²) >= 11 is 0. The second-order valence-corrected chi connectivity index (χ2v) is 6.25. The summed E-state index contributed by atoms with van der Waals surface area (Å²) in [7, 11) is 0. The van der Waals surface area contributed by atoms with Crippen molar-refractivity contribution in [1.82, 2.24) is 4.90 Å². The molecule has 4 nitrogen and oxygen atoms in total. The van der Waals surface area contributed by atoms with Crippen LogP contribution in [0.15, 0.2) is 53.1 Å². The average molecular weight is 313 g/mol. The van der Waals surface area contributed by atoms with Gasteiger partial charge in [-0.1, -0.05) is 25.1 Å². The average Bonchev–Trinajstić information content (AvgIpc) is 3.08. The number of furan rings is 1. The molecule has 0 spiro atoms. The van der Waals surface area contributed by atoms with Crippen LogP contribution in [0, 0.1) is 5.92 Å². The zero-order valence-electron chi connectivity index (χ0n) is 13.6. The Bertz CT molecular complexity index is 623. The highest BCUT2D eigenvalue weighted by Crippen LogP contribution is 2.28. The van der Waals surface area contributed by atoms with Crippen LogP contribution in [0.4, 0.5) is 0 Å².